The maximum atomic E-state index is 10.3. The molecule has 1 saturated heterocycles. The number of rotatable bonds is 0. The van der Waals surface area contributed by atoms with Crippen LogP contribution in [0.2, 0.25) is 0 Å². The zero-order chi connectivity index (χ0) is 15.5. The van der Waals surface area contributed by atoms with Crippen molar-refractivity contribution in [1.82, 2.24) is 4.90 Å². The number of ether oxygens (including phenoxy) is 1. The third kappa shape index (κ3) is 1.83. The van der Waals surface area contributed by atoms with Gasteiger partial charge in [-0.25, -0.2) is 0 Å². The number of hydrogen-bond acceptors (Lipinski definition) is 4. The van der Waals surface area contributed by atoms with Gasteiger partial charge in [0.15, 0.2) is 11.5 Å². The largest absolute Gasteiger partial charge is 0.504 e. The second-order valence-electron chi connectivity index (χ2n) is 7.16. The van der Waals surface area contributed by atoms with Gasteiger partial charge in [0.05, 0.1) is 0 Å². The second-order valence-corrected chi connectivity index (χ2v) is 7.16. The minimum atomic E-state index is -0.635. The van der Waals surface area contributed by atoms with Crippen molar-refractivity contribution in [2.24, 2.45) is 5.92 Å². The van der Waals surface area contributed by atoms with Gasteiger partial charge in [-0.3, -0.25) is 0 Å². The first-order valence-electron chi connectivity index (χ1n) is 8.05. The molecule has 0 aromatic heterocycles. The van der Waals surface area contributed by atoms with Crippen molar-refractivity contribution in [3.8, 4) is 11.5 Å². The number of aliphatic hydroxyl groups is 1. The monoisotopic (exact) mass is 301 g/mol. The number of likely N-dealkylation sites (tertiary alicyclic amines) is 1. The molecule has 118 valence electrons. The Labute approximate surface area is 131 Å². The van der Waals surface area contributed by atoms with Crippen LogP contribution >= 0.6 is 0 Å². The van der Waals surface area contributed by atoms with Crippen LogP contribution in [-0.2, 0) is 11.8 Å². The molecular weight excluding hydrogens is 278 g/mol. The van der Waals surface area contributed by atoms with Crippen LogP contribution in [0.25, 0.3) is 0 Å². The van der Waals surface area contributed by atoms with Gasteiger partial charge in [-0.1, -0.05) is 25.1 Å². The van der Waals surface area contributed by atoms with E-state index < -0.39 is 6.10 Å². The lowest BCUT2D eigenvalue weighted by atomic mass is 9.58. The Morgan fingerprint density at radius 3 is 2.95 bits per heavy atom. The molecule has 1 aromatic rings. The van der Waals surface area contributed by atoms with Crippen molar-refractivity contribution in [2.75, 3.05) is 20.2 Å². The molecule has 0 radical (unpaired) electrons. The van der Waals surface area contributed by atoms with Gasteiger partial charge in [-0.2, -0.15) is 0 Å². The standard InChI is InChI=1S/C18H23NO3/c1-18-7-8-19(2)14-9-11-3-6-15(21)17(16(11)18)22-10-12(20)4-5-13(14)18/h3-6,12-14,20-21H,7-10H2,1-2H3/b5-4-/t12-,13-,14+,18+/m0/s1. The van der Waals surface area contributed by atoms with Gasteiger partial charge in [0.1, 0.15) is 12.7 Å². The summed E-state index contributed by atoms with van der Waals surface area (Å²) in [5, 5.41) is 20.4. The smallest absolute Gasteiger partial charge is 0.165 e. The first kappa shape index (κ1) is 14.1. The molecule has 4 bridgehead atoms. The lowest BCUT2D eigenvalue weighted by molar-refractivity contribution is 0.0648. The SMILES string of the molecule is CN1CC[C@@]2(C)c3c4ccc(O)c3OC[C@@H](O)/C=C\[C@H]2[C@H]1C4. The van der Waals surface area contributed by atoms with Crippen LogP contribution in [0.1, 0.15) is 24.5 Å². The minimum absolute atomic E-state index is 0.0562. The van der Waals surface area contributed by atoms with Crippen molar-refractivity contribution < 1.29 is 14.9 Å². The summed E-state index contributed by atoms with van der Waals surface area (Å²) in [6, 6.07) is 4.20. The van der Waals surface area contributed by atoms with Crippen LogP contribution in [0.4, 0.5) is 0 Å². The van der Waals surface area contributed by atoms with E-state index in [1.807, 2.05) is 12.1 Å². The number of aliphatic hydroxyl groups excluding tert-OH is 1. The van der Waals surface area contributed by atoms with E-state index in [2.05, 4.69) is 24.9 Å². The highest BCUT2D eigenvalue weighted by Gasteiger charge is 2.50. The summed E-state index contributed by atoms with van der Waals surface area (Å²) in [6.07, 6.45) is 5.39. The Morgan fingerprint density at radius 1 is 1.32 bits per heavy atom. The number of phenols is 1. The molecule has 22 heavy (non-hydrogen) atoms. The Bertz CT molecular complexity index is 641. The van der Waals surface area contributed by atoms with Crippen LogP contribution in [0, 0.1) is 5.92 Å². The van der Waals surface area contributed by atoms with E-state index in [0.29, 0.717) is 17.7 Å². The molecule has 1 fully saturated rings. The van der Waals surface area contributed by atoms with Gasteiger partial charge in [0.25, 0.3) is 0 Å². The molecule has 0 saturated carbocycles. The first-order chi connectivity index (χ1) is 10.5. The van der Waals surface area contributed by atoms with Crippen LogP contribution in [0.5, 0.6) is 11.5 Å². The maximum Gasteiger partial charge on any atom is 0.165 e. The zero-order valence-electron chi connectivity index (χ0n) is 13.1. The molecule has 2 N–H and O–H groups in total. The highest BCUT2D eigenvalue weighted by molar-refractivity contribution is 5.57. The van der Waals surface area contributed by atoms with E-state index in [0.717, 1.165) is 24.9 Å². The zero-order valence-corrected chi connectivity index (χ0v) is 13.1. The summed E-state index contributed by atoms with van der Waals surface area (Å²) in [5.74, 6) is 1.09. The van der Waals surface area contributed by atoms with Crippen molar-refractivity contribution in [3.05, 3.63) is 35.4 Å². The van der Waals surface area contributed by atoms with Crippen molar-refractivity contribution >= 4 is 0 Å². The predicted octanol–water partition coefficient (Wildman–Crippen LogP) is 1.84. The lowest BCUT2D eigenvalue weighted by Crippen LogP contribution is -2.57. The topological polar surface area (TPSA) is 52.9 Å². The average molecular weight is 301 g/mol. The summed E-state index contributed by atoms with van der Waals surface area (Å²) in [7, 11) is 2.18. The minimum Gasteiger partial charge on any atom is -0.504 e. The van der Waals surface area contributed by atoms with Gasteiger partial charge in [-0.15, -0.1) is 0 Å². The molecule has 4 heteroatoms. The van der Waals surface area contributed by atoms with Crippen molar-refractivity contribution in [2.45, 2.75) is 37.3 Å². The third-order valence-corrected chi connectivity index (χ3v) is 5.86. The number of nitrogens with zero attached hydrogens (tertiary/aromatic N) is 1. The Balaban J connectivity index is 1.99. The molecule has 1 aromatic carbocycles. The van der Waals surface area contributed by atoms with Crippen molar-refractivity contribution in [3.63, 3.8) is 0 Å². The van der Waals surface area contributed by atoms with E-state index in [1.165, 1.54) is 5.56 Å². The van der Waals surface area contributed by atoms with Gasteiger partial charge < -0.3 is 19.8 Å². The van der Waals surface area contributed by atoms with Crippen LogP contribution in [0.15, 0.2) is 24.3 Å². The number of phenolic OH excluding ortho intramolecular Hbond substituents is 1. The quantitative estimate of drug-likeness (QED) is 0.718. The number of aromatic hydroxyl groups is 1. The molecule has 0 unspecified atom stereocenters. The van der Waals surface area contributed by atoms with E-state index in [4.69, 9.17) is 4.74 Å². The Kier molecular flexibility index (Phi) is 3.03. The summed E-state index contributed by atoms with van der Waals surface area (Å²) in [4.78, 5) is 2.43. The normalized spacial score (nSPS) is 38.4. The van der Waals surface area contributed by atoms with Gasteiger partial charge in [-0.05, 0) is 38.1 Å². The molecular formula is C18H23NO3. The average Bonchev–Trinajstić information content (AvgIpc) is 2.52. The van der Waals surface area contributed by atoms with Gasteiger partial charge >= 0.3 is 0 Å². The van der Waals surface area contributed by atoms with Crippen LogP contribution in [-0.4, -0.2) is 47.5 Å². The summed E-state index contributed by atoms with van der Waals surface area (Å²) < 4.78 is 5.83. The highest BCUT2D eigenvalue weighted by atomic mass is 16.5. The number of benzene rings is 1. The van der Waals surface area contributed by atoms with Gasteiger partial charge in [0.2, 0.25) is 0 Å². The number of hydrogen-bond donors (Lipinski definition) is 2. The lowest BCUT2D eigenvalue weighted by Gasteiger charge is -2.54. The fraction of sp³-hybridized carbons (Fsp3) is 0.556. The fourth-order valence-electron chi connectivity index (χ4n) is 4.61. The van der Waals surface area contributed by atoms with Crippen molar-refractivity contribution in [1.29, 1.82) is 0 Å². The number of likely N-dealkylation sites (N-methyl/N-ethyl adjacent to an activating group) is 1. The van der Waals surface area contributed by atoms with E-state index in [-0.39, 0.29) is 17.8 Å². The molecule has 2 heterocycles. The van der Waals surface area contributed by atoms with Crippen LogP contribution < -0.4 is 4.74 Å². The molecule has 4 atom stereocenters. The molecule has 0 amide bonds. The summed E-state index contributed by atoms with van der Waals surface area (Å²) in [6.45, 7) is 3.51. The molecule has 4 nitrogen and oxygen atoms in total. The number of piperidine rings is 1. The Morgan fingerprint density at radius 2 is 2.14 bits per heavy atom. The summed E-state index contributed by atoms with van der Waals surface area (Å²) in [5.41, 5.74) is 2.37. The molecule has 3 aliphatic rings. The second kappa shape index (κ2) is 4.74. The molecule has 0 spiro atoms. The third-order valence-electron chi connectivity index (χ3n) is 5.86. The van der Waals surface area contributed by atoms with Gasteiger partial charge in [0, 0.05) is 22.9 Å². The molecule has 1 aliphatic carbocycles. The maximum absolute atomic E-state index is 10.3. The van der Waals surface area contributed by atoms with E-state index in [1.54, 1.807) is 6.07 Å². The molecule has 4 rings (SSSR count). The predicted molar refractivity (Wildman–Crippen MR) is 84.3 cm³/mol. The summed E-state index contributed by atoms with van der Waals surface area (Å²) >= 11 is 0. The molecule has 2 aliphatic heterocycles. The first-order valence-corrected chi connectivity index (χ1v) is 8.05. The van der Waals surface area contributed by atoms with E-state index >= 15 is 0 Å². The van der Waals surface area contributed by atoms with E-state index in [9.17, 15) is 10.2 Å². The van der Waals surface area contributed by atoms with Crippen LogP contribution in [0.3, 0.4) is 0 Å². The Hall–Kier alpha value is -1.52. The fourth-order valence-corrected chi connectivity index (χ4v) is 4.61. The highest BCUT2D eigenvalue weighted by Crippen LogP contribution is 2.54.